The molecule has 0 atom stereocenters. The van der Waals surface area contributed by atoms with Crippen LogP contribution < -0.4 is 15.6 Å². The van der Waals surface area contributed by atoms with Crippen molar-refractivity contribution in [2.75, 3.05) is 5.32 Å². The number of carbonyl (C=O) groups is 1. The molecule has 36 heavy (non-hydrogen) atoms. The van der Waals surface area contributed by atoms with Crippen LogP contribution in [0.25, 0.3) is 0 Å². The smallest absolute Gasteiger partial charge is 0.262 e. The van der Waals surface area contributed by atoms with Gasteiger partial charge in [-0.2, -0.15) is 0 Å². The number of H-pyrrole nitrogens is 1. The van der Waals surface area contributed by atoms with Gasteiger partial charge in [-0.05, 0) is 35.2 Å². The zero-order valence-electron chi connectivity index (χ0n) is 19.6. The van der Waals surface area contributed by atoms with Gasteiger partial charge < -0.3 is 30.2 Å². The maximum Gasteiger partial charge on any atom is 0.262 e. The van der Waals surface area contributed by atoms with Crippen molar-refractivity contribution >= 4 is 17.3 Å². The molecule has 0 radical (unpaired) electrons. The molecule has 5 rings (SSSR count). The first-order chi connectivity index (χ1) is 17.4. The summed E-state index contributed by atoms with van der Waals surface area (Å²) in [6.45, 7) is 2.71. The summed E-state index contributed by atoms with van der Waals surface area (Å²) in [6, 6.07) is 19.1. The Morgan fingerprint density at radius 3 is 2.64 bits per heavy atom. The Morgan fingerprint density at radius 2 is 1.83 bits per heavy atom. The molecule has 2 heterocycles. The molecule has 1 aliphatic heterocycles. The van der Waals surface area contributed by atoms with Crippen LogP contribution in [0.1, 0.15) is 32.6 Å². The van der Waals surface area contributed by atoms with E-state index < -0.39 is 5.91 Å². The van der Waals surface area contributed by atoms with Crippen LogP contribution in [0.15, 0.2) is 77.7 Å². The van der Waals surface area contributed by atoms with Crippen molar-refractivity contribution in [3.05, 3.63) is 111 Å². The highest BCUT2D eigenvalue weighted by Gasteiger charge is 2.30. The van der Waals surface area contributed by atoms with Crippen LogP contribution in [0.2, 0.25) is 0 Å². The molecule has 8 nitrogen and oxygen atoms in total. The molecule has 0 unspecified atom stereocenters. The molecule has 4 N–H and O–H groups in total. The number of carbonyl (C=O) groups excluding carboxylic acids is 1. The Hall–Kier alpha value is -4.72. The van der Waals surface area contributed by atoms with E-state index in [2.05, 4.69) is 10.3 Å². The molecular weight excluding hydrogens is 458 g/mol. The molecule has 0 aliphatic carbocycles. The van der Waals surface area contributed by atoms with Gasteiger partial charge in [0, 0.05) is 48.9 Å². The van der Waals surface area contributed by atoms with E-state index in [0.717, 1.165) is 34.0 Å². The molecule has 1 aromatic heterocycles. The quantitative estimate of drug-likeness (QED) is 0.319. The van der Waals surface area contributed by atoms with Crippen LogP contribution in [0.5, 0.6) is 17.2 Å². The van der Waals surface area contributed by atoms with Gasteiger partial charge in [-0.25, -0.2) is 0 Å². The zero-order chi connectivity index (χ0) is 25.2. The van der Waals surface area contributed by atoms with Crippen molar-refractivity contribution in [3.8, 4) is 17.2 Å². The van der Waals surface area contributed by atoms with Crippen LogP contribution >= 0.6 is 0 Å². The fraction of sp³-hybridized carbons (Fsp3) is 0.143. The maximum atomic E-state index is 13.6. The number of hydrogen-bond acceptors (Lipinski definition) is 6. The van der Waals surface area contributed by atoms with Crippen molar-refractivity contribution in [1.82, 2.24) is 9.88 Å². The van der Waals surface area contributed by atoms with E-state index in [1.165, 1.54) is 12.1 Å². The molecule has 0 saturated heterocycles. The number of rotatable bonds is 6. The largest absolute Gasteiger partial charge is 0.508 e. The van der Waals surface area contributed by atoms with Crippen molar-refractivity contribution in [3.63, 3.8) is 0 Å². The third-order valence-corrected chi connectivity index (χ3v) is 6.19. The predicted octanol–water partition coefficient (Wildman–Crippen LogP) is 4.57. The molecule has 0 spiro atoms. The van der Waals surface area contributed by atoms with Gasteiger partial charge in [0.2, 0.25) is 5.56 Å². The van der Waals surface area contributed by atoms with Crippen molar-refractivity contribution < 1.29 is 19.7 Å². The van der Waals surface area contributed by atoms with Crippen LogP contribution in [-0.2, 0) is 19.7 Å². The van der Waals surface area contributed by atoms with E-state index >= 15 is 0 Å². The number of benzene rings is 3. The maximum absolute atomic E-state index is 13.6. The van der Waals surface area contributed by atoms with Crippen LogP contribution in [-0.4, -0.2) is 26.0 Å². The van der Waals surface area contributed by atoms with Crippen molar-refractivity contribution in [2.24, 2.45) is 0 Å². The summed E-state index contributed by atoms with van der Waals surface area (Å²) in [5.74, 6) is -0.854. The number of amides is 1. The SMILES string of the molecule is Cc1c[nH]c(=O)cc1Nc1cccc2c1CN(C(=O)c1c(O)cc(O)cc1OCc1ccccc1)C2. The molecule has 3 aromatic carbocycles. The minimum absolute atomic E-state index is 0.00326. The predicted molar refractivity (Wildman–Crippen MR) is 136 cm³/mol. The number of aromatic hydroxyl groups is 2. The minimum atomic E-state index is -0.412. The number of anilines is 2. The normalized spacial score (nSPS) is 12.3. The third-order valence-electron chi connectivity index (χ3n) is 6.19. The lowest BCUT2D eigenvalue weighted by molar-refractivity contribution is 0.0743. The van der Waals surface area contributed by atoms with Gasteiger partial charge in [0.05, 0.1) is 0 Å². The highest BCUT2D eigenvalue weighted by atomic mass is 16.5. The van der Waals surface area contributed by atoms with Crippen molar-refractivity contribution in [2.45, 2.75) is 26.6 Å². The summed E-state index contributed by atoms with van der Waals surface area (Å²) in [5, 5.41) is 23.9. The number of ether oxygens (including phenoxy) is 1. The van der Waals surface area contributed by atoms with E-state index in [1.54, 1.807) is 11.1 Å². The summed E-state index contributed by atoms with van der Waals surface area (Å²) >= 11 is 0. The number of nitrogens with one attached hydrogen (secondary N) is 2. The summed E-state index contributed by atoms with van der Waals surface area (Å²) in [4.78, 5) is 29.6. The lowest BCUT2D eigenvalue weighted by atomic mass is 10.1. The van der Waals surface area contributed by atoms with E-state index in [-0.39, 0.29) is 35.0 Å². The standard InChI is InChI=1S/C28H25N3O5/c1-17-13-29-26(34)12-23(17)30-22-9-5-8-19-14-31(15-21(19)22)28(35)27-24(33)10-20(32)11-25(27)36-16-18-6-3-2-4-7-18/h2-13,32-33H,14-16H2,1H3,(H2,29,30,34). The highest BCUT2D eigenvalue weighted by Crippen LogP contribution is 2.38. The average Bonchev–Trinajstić information content (AvgIpc) is 3.30. The number of aryl methyl sites for hydroxylation is 1. The van der Waals surface area contributed by atoms with Crippen LogP contribution in [0.3, 0.4) is 0 Å². The highest BCUT2D eigenvalue weighted by molar-refractivity contribution is 6.00. The first-order valence-electron chi connectivity index (χ1n) is 11.5. The van der Waals surface area contributed by atoms with E-state index in [4.69, 9.17) is 4.74 Å². The first kappa shape index (κ1) is 23.0. The molecule has 0 fully saturated rings. The van der Waals surface area contributed by atoms with Crippen LogP contribution in [0, 0.1) is 6.92 Å². The van der Waals surface area contributed by atoms with Gasteiger partial charge in [0.25, 0.3) is 5.91 Å². The lowest BCUT2D eigenvalue weighted by Crippen LogP contribution is -2.26. The second kappa shape index (κ2) is 9.50. The average molecular weight is 484 g/mol. The fourth-order valence-electron chi connectivity index (χ4n) is 4.31. The number of nitrogens with zero attached hydrogens (tertiary/aromatic N) is 1. The summed E-state index contributed by atoms with van der Waals surface area (Å²) in [5.41, 5.74) is 4.92. The van der Waals surface area contributed by atoms with Gasteiger partial charge in [-0.15, -0.1) is 0 Å². The fourth-order valence-corrected chi connectivity index (χ4v) is 4.31. The zero-order valence-corrected chi connectivity index (χ0v) is 19.6. The van der Waals surface area contributed by atoms with Gasteiger partial charge in [-0.3, -0.25) is 9.59 Å². The number of pyridine rings is 1. The lowest BCUT2D eigenvalue weighted by Gasteiger charge is -2.19. The van der Waals surface area contributed by atoms with Crippen LogP contribution in [0.4, 0.5) is 11.4 Å². The molecule has 8 heteroatoms. The van der Waals surface area contributed by atoms with E-state index in [9.17, 15) is 19.8 Å². The molecule has 1 aliphatic rings. The number of fused-ring (bicyclic) bond motifs is 1. The molecule has 182 valence electrons. The number of aromatic amines is 1. The molecular formula is C28H25N3O5. The minimum Gasteiger partial charge on any atom is -0.508 e. The number of hydrogen-bond donors (Lipinski definition) is 4. The van der Waals surface area contributed by atoms with Gasteiger partial charge in [0.1, 0.15) is 29.4 Å². The third kappa shape index (κ3) is 4.61. The topological polar surface area (TPSA) is 115 Å². The van der Waals surface area contributed by atoms with Crippen molar-refractivity contribution in [1.29, 1.82) is 0 Å². The molecule has 4 aromatic rings. The number of phenolic OH excluding ortho intramolecular Hbond substituents is 2. The molecule has 0 saturated carbocycles. The first-order valence-corrected chi connectivity index (χ1v) is 11.5. The Balaban J connectivity index is 1.41. The Kier molecular flexibility index (Phi) is 6.08. The Bertz CT molecular complexity index is 1500. The van der Waals surface area contributed by atoms with Gasteiger partial charge in [0.15, 0.2) is 0 Å². The van der Waals surface area contributed by atoms with E-state index in [0.29, 0.717) is 18.8 Å². The second-order valence-electron chi connectivity index (χ2n) is 8.74. The summed E-state index contributed by atoms with van der Waals surface area (Å²) in [6.07, 6.45) is 1.65. The summed E-state index contributed by atoms with van der Waals surface area (Å²) in [7, 11) is 0. The monoisotopic (exact) mass is 483 g/mol. The Morgan fingerprint density at radius 1 is 1.03 bits per heavy atom. The molecule has 1 amide bonds. The van der Waals surface area contributed by atoms with E-state index in [1.807, 2.05) is 55.5 Å². The molecule has 0 bridgehead atoms. The van der Waals surface area contributed by atoms with Gasteiger partial charge >= 0.3 is 0 Å². The van der Waals surface area contributed by atoms with Gasteiger partial charge in [-0.1, -0.05) is 42.5 Å². The second-order valence-corrected chi connectivity index (χ2v) is 8.74. The number of aromatic nitrogens is 1. The number of phenols is 2. The Labute approximate surface area is 207 Å². The summed E-state index contributed by atoms with van der Waals surface area (Å²) < 4.78 is 5.86.